The number of hydrogen-bond donors (Lipinski definition) is 0. The second kappa shape index (κ2) is 11.1. The molecule has 1 rings (SSSR count). The maximum absolute atomic E-state index is 11.4. The number of hydrogen-bond acceptors (Lipinski definition) is 7. The summed E-state index contributed by atoms with van der Waals surface area (Å²) < 4.78 is 21.1. The van der Waals surface area contributed by atoms with Crippen LogP contribution in [0.1, 0.15) is 32.3 Å². The first-order valence-corrected chi connectivity index (χ1v) is 8.28. The van der Waals surface area contributed by atoms with E-state index < -0.39 is 5.97 Å². The van der Waals surface area contributed by atoms with Crippen LogP contribution in [0.5, 0.6) is 0 Å². The van der Waals surface area contributed by atoms with Crippen molar-refractivity contribution in [2.45, 2.75) is 26.9 Å². The Bertz CT molecular complexity index is 659. The third-order valence-electron chi connectivity index (χ3n) is 3.67. The van der Waals surface area contributed by atoms with Crippen LogP contribution in [-0.4, -0.2) is 45.7 Å². The molecule has 0 saturated heterocycles. The first-order valence-electron chi connectivity index (χ1n) is 8.28. The van der Waals surface area contributed by atoms with Gasteiger partial charge in [0.2, 0.25) is 0 Å². The molecule has 1 aromatic heterocycles. The quantitative estimate of drug-likeness (QED) is 0.208. The summed E-state index contributed by atoms with van der Waals surface area (Å²) in [6, 6.07) is 3.65. The third-order valence-corrected chi connectivity index (χ3v) is 3.67. The number of furan rings is 1. The largest absolute Gasteiger partial charge is 0.500 e. The normalized spacial score (nSPS) is 15.0. The summed E-state index contributed by atoms with van der Waals surface area (Å²) >= 11 is 0. The molecule has 0 aliphatic heterocycles. The third kappa shape index (κ3) is 6.40. The first-order chi connectivity index (χ1) is 12.5. The number of methoxy groups -OCH3 is 3. The molecule has 0 radical (unpaired) electrons. The van der Waals surface area contributed by atoms with Gasteiger partial charge in [0.15, 0.2) is 5.76 Å². The van der Waals surface area contributed by atoms with Gasteiger partial charge in [-0.1, -0.05) is 18.2 Å². The van der Waals surface area contributed by atoms with E-state index in [1.54, 1.807) is 13.2 Å². The van der Waals surface area contributed by atoms with Gasteiger partial charge >= 0.3 is 5.97 Å². The number of ether oxygens (including phenoxy) is 3. The lowest BCUT2D eigenvalue weighted by Crippen LogP contribution is -2.21. The van der Waals surface area contributed by atoms with Gasteiger partial charge in [-0.25, -0.2) is 4.79 Å². The van der Waals surface area contributed by atoms with E-state index in [-0.39, 0.29) is 12.0 Å². The molecule has 0 unspecified atom stereocenters. The molecule has 7 nitrogen and oxygen atoms in total. The maximum Gasteiger partial charge on any atom is 0.333 e. The van der Waals surface area contributed by atoms with Gasteiger partial charge in [0.05, 0.1) is 26.4 Å². The molecule has 1 aromatic rings. The van der Waals surface area contributed by atoms with Crippen molar-refractivity contribution in [3.8, 4) is 0 Å². The molecule has 0 aliphatic rings. The average Bonchev–Trinajstić information content (AvgIpc) is 3.13. The number of nitrogens with zero attached hydrogens (tertiary/aromatic N) is 1. The van der Waals surface area contributed by atoms with Crippen molar-refractivity contribution in [3.63, 3.8) is 0 Å². The molecule has 2 atom stereocenters. The Labute approximate surface area is 154 Å². The molecule has 7 heteroatoms. The standard InChI is InChI=1S/C19H27NO6/c1-7-25-20-14(3)17-11-9-15(26-17)8-10-16(22-4)13(2)18(23-5)12-19(21)24-6/h8-13,16H,7H2,1-6H3/b10-8+,18-12+,20-14-/t13-,16+/m1/s1. The van der Waals surface area contributed by atoms with Crippen LogP contribution in [0.25, 0.3) is 6.08 Å². The smallest absolute Gasteiger partial charge is 0.333 e. The first kappa shape index (κ1) is 21.5. The molecule has 0 saturated carbocycles. The van der Waals surface area contributed by atoms with Crippen LogP contribution < -0.4 is 0 Å². The number of carbonyl (C=O) groups excluding carboxylic acids is 1. The van der Waals surface area contributed by atoms with Gasteiger partial charge in [-0.2, -0.15) is 0 Å². The van der Waals surface area contributed by atoms with Crippen molar-refractivity contribution in [1.29, 1.82) is 0 Å². The van der Waals surface area contributed by atoms with Crippen molar-refractivity contribution in [3.05, 3.63) is 41.6 Å². The Kier molecular flexibility index (Phi) is 9.22. The highest BCUT2D eigenvalue weighted by Crippen LogP contribution is 2.21. The average molecular weight is 365 g/mol. The van der Waals surface area contributed by atoms with Crippen LogP contribution in [0.3, 0.4) is 0 Å². The zero-order valence-electron chi connectivity index (χ0n) is 16.1. The summed E-state index contributed by atoms with van der Waals surface area (Å²) in [5, 5.41) is 3.94. The SMILES string of the molecule is CCO/N=C(/C)c1ccc(/C=C/[C@H](OC)[C@@H](C)/C(=C\C(=O)OC)OC)o1. The number of oxime groups is 1. The van der Waals surface area contributed by atoms with Crippen LogP contribution in [0, 0.1) is 5.92 Å². The predicted octanol–water partition coefficient (Wildman–Crippen LogP) is 3.41. The van der Waals surface area contributed by atoms with E-state index in [1.165, 1.54) is 20.3 Å². The summed E-state index contributed by atoms with van der Waals surface area (Å²) in [7, 11) is 4.40. The van der Waals surface area contributed by atoms with Crippen molar-refractivity contribution >= 4 is 17.8 Å². The summed E-state index contributed by atoms with van der Waals surface area (Å²) in [4.78, 5) is 16.5. The van der Waals surface area contributed by atoms with E-state index in [9.17, 15) is 4.79 Å². The predicted molar refractivity (Wildman–Crippen MR) is 98.6 cm³/mol. The second-order valence-corrected chi connectivity index (χ2v) is 5.42. The minimum absolute atomic E-state index is 0.198. The molecule has 0 fully saturated rings. The van der Waals surface area contributed by atoms with Crippen molar-refractivity contribution in [2.75, 3.05) is 27.9 Å². The fourth-order valence-corrected chi connectivity index (χ4v) is 2.20. The van der Waals surface area contributed by atoms with Crippen LogP contribution in [0.2, 0.25) is 0 Å². The van der Waals surface area contributed by atoms with Crippen molar-refractivity contribution in [1.82, 2.24) is 0 Å². The molecule has 144 valence electrons. The Morgan fingerprint density at radius 1 is 1.27 bits per heavy atom. The summed E-state index contributed by atoms with van der Waals surface area (Å²) in [6.45, 7) is 6.06. The molecule has 0 spiro atoms. The Morgan fingerprint density at radius 2 is 2.00 bits per heavy atom. The lowest BCUT2D eigenvalue weighted by molar-refractivity contribution is -0.135. The number of rotatable bonds is 10. The van der Waals surface area contributed by atoms with Gasteiger partial charge in [-0.3, -0.25) is 0 Å². The second-order valence-electron chi connectivity index (χ2n) is 5.42. The van der Waals surface area contributed by atoms with E-state index in [0.29, 0.717) is 29.6 Å². The molecular weight excluding hydrogens is 338 g/mol. The zero-order valence-corrected chi connectivity index (χ0v) is 16.1. The van der Waals surface area contributed by atoms with Crippen LogP contribution in [0.15, 0.2) is 39.6 Å². The van der Waals surface area contributed by atoms with Gasteiger partial charge in [0.25, 0.3) is 0 Å². The van der Waals surface area contributed by atoms with Crippen LogP contribution in [0.4, 0.5) is 0 Å². The van der Waals surface area contributed by atoms with Gasteiger partial charge in [0, 0.05) is 13.0 Å². The lowest BCUT2D eigenvalue weighted by atomic mass is 10.0. The van der Waals surface area contributed by atoms with Gasteiger partial charge in [-0.05, 0) is 32.1 Å². The highest BCUT2D eigenvalue weighted by Gasteiger charge is 2.20. The van der Waals surface area contributed by atoms with E-state index >= 15 is 0 Å². The van der Waals surface area contributed by atoms with E-state index in [1.807, 2.05) is 39.0 Å². The van der Waals surface area contributed by atoms with E-state index in [0.717, 1.165) is 0 Å². The molecule has 1 heterocycles. The molecule has 26 heavy (non-hydrogen) atoms. The van der Waals surface area contributed by atoms with Crippen molar-refractivity contribution < 1.29 is 28.3 Å². The molecule has 0 aromatic carbocycles. The number of esters is 1. The maximum atomic E-state index is 11.4. The van der Waals surface area contributed by atoms with Crippen LogP contribution in [-0.2, 0) is 23.8 Å². The summed E-state index contributed by atoms with van der Waals surface area (Å²) in [6.07, 6.45) is 4.63. The monoisotopic (exact) mass is 365 g/mol. The molecule has 0 aliphatic carbocycles. The number of carbonyl (C=O) groups is 1. The minimum atomic E-state index is -0.479. The minimum Gasteiger partial charge on any atom is -0.500 e. The Morgan fingerprint density at radius 3 is 2.58 bits per heavy atom. The van der Waals surface area contributed by atoms with Gasteiger partial charge in [0.1, 0.15) is 23.8 Å². The fraction of sp³-hybridized carbons (Fsp3) is 0.474. The lowest BCUT2D eigenvalue weighted by Gasteiger charge is -2.21. The molecule has 0 amide bonds. The van der Waals surface area contributed by atoms with Crippen LogP contribution >= 0.6 is 0 Å². The topological polar surface area (TPSA) is 79.5 Å². The molecular formula is C19H27NO6. The summed E-state index contributed by atoms with van der Waals surface area (Å²) in [5.74, 6) is 1.07. The zero-order chi connectivity index (χ0) is 19.5. The highest BCUT2D eigenvalue weighted by molar-refractivity contribution is 5.95. The van der Waals surface area contributed by atoms with Crippen molar-refractivity contribution in [2.24, 2.45) is 11.1 Å². The molecule has 0 N–H and O–H groups in total. The van der Waals surface area contributed by atoms with Gasteiger partial charge < -0.3 is 23.5 Å². The summed E-state index contributed by atoms with van der Waals surface area (Å²) in [5.41, 5.74) is 0.658. The van der Waals surface area contributed by atoms with E-state index in [4.69, 9.17) is 18.7 Å². The van der Waals surface area contributed by atoms with E-state index in [2.05, 4.69) is 9.89 Å². The molecule has 0 bridgehead atoms. The van der Waals surface area contributed by atoms with Gasteiger partial charge in [-0.15, -0.1) is 0 Å². The Balaban J connectivity index is 2.88. The fourth-order valence-electron chi connectivity index (χ4n) is 2.20. The highest BCUT2D eigenvalue weighted by atomic mass is 16.6. The Hall–Kier alpha value is -2.54.